The van der Waals surface area contributed by atoms with Gasteiger partial charge in [0.1, 0.15) is 0 Å². The predicted octanol–water partition coefficient (Wildman–Crippen LogP) is 5.20. The number of amides is 2. The van der Waals surface area contributed by atoms with Crippen LogP contribution in [0.25, 0.3) is 0 Å². The number of carbonyl (C=O) groups is 4. The second-order valence-corrected chi connectivity index (χ2v) is 20.2. The molecule has 0 fully saturated rings. The molecule has 2 aromatic rings. The molecule has 0 bridgehead atoms. The van der Waals surface area contributed by atoms with Crippen molar-refractivity contribution in [3.63, 3.8) is 0 Å². The fourth-order valence-electron chi connectivity index (χ4n) is 3.53. The molecule has 0 radical (unpaired) electrons. The second kappa shape index (κ2) is 17.4. The number of benzene rings is 2. The van der Waals surface area contributed by atoms with E-state index in [1.165, 1.54) is 0 Å². The monoisotopic (exact) mass is 744 g/mol. The average Bonchev–Trinajstić information content (AvgIpc) is 2.94. The first kappa shape index (κ1) is 37.1. The molecular formula is C32H44N2O8Se2. The summed E-state index contributed by atoms with van der Waals surface area (Å²) in [6.45, 7) is 14.2. The average molecular weight is 743 g/mol. The molecule has 44 heavy (non-hydrogen) atoms. The first-order valence-electron chi connectivity index (χ1n) is 14.3. The van der Waals surface area contributed by atoms with Crippen LogP contribution in [0.1, 0.15) is 66.5 Å². The molecule has 0 saturated heterocycles. The Kier molecular flexibility index (Phi) is 14.7. The standard InChI is InChI=1S/C32H44N2O8Se2/c1-21(25(33-29(37)41-31(3,4)5)27(35)39-19-23-15-11-9-12-16-23)43-44-22(2)26(34-30(38)42-32(6,7)8)28(36)40-20-24-17-13-10-14-18-24/h9-18,21-22,25-26H,19-20H2,1-8H3,(H,33,37)(H,34,38)/t21-,22-,25-,26-/m0/s1. The fourth-order valence-corrected chi connectivity index (χ4v) is 11.7. The number of hydrogen-bond donors (Lipinski definition) is 2. The van der Waals surface area contributed by atoms with E-state index in [0.29, 0.717) is 0 Å². The van der Waals surface area contributed by atoms with Crippen LogP contribution in [-0.4, -0.2) is 73.7 Å². The third kappa shape index (κ3) is 14.6. The molecule has 0 heterocycles. The van der Waals surface area contributed by atoms with Crippen molar-refractivity contribution in [3.05, 3.63) is 71.8 Å². The van der Waals surface area contributed by atoms with Crippen molar-refractivity contribution in [1.82, 2.24) is 10.6 Å². The summed E-state index contributed by atoms with van der Waals surface area (Å²) in [6, 6.07) is 16.6. The normalized spacial score (nSPS) is 14.3. The molecule has 242 valence electrons. The summed E-state index contributed by atoms with van der Waals surface area (Å²) in [5.74, 6) is -1.16. The zero-order valence-corrected chi connectivity index (χ0v) is 30.0. The number of rotatable bonds is 13. The Balaban J connectivity index is 2.14. The van der Waals surface area contributed by atoms with E-state index in [9.17, 15) is 19.2 Å². The zero-order valence-electron chi connectivity index (χ0n) is 26.6. The van der Waals surface area contributed by atoms with Gasteiger partial charge in [0.05, 0.1) is 0 Å². The van der Waals surface area contributed by atoms with Gasteiger partial charge in [0.15, 0.2) is 0 Å². The second-order valence-electron chi connectivity index (χ2n) is 12.0. The summed E-state index contributed by atoms with van der Waals surface area (Å²) in [5.41, 5.74) is 0.127. The zero-order chi connectivity index (χ0) is 32.9. The molecule has 0 aliphatic carbocycles. The predicted molar refractivity (Wildman–Crippen MR) is 169 cm³/mol. The van der Waals surface area contributed by atoms with Crippen LogP contribution >= 0.6 is 0 Å². The molecule has 2 amide bonds. The molecule has 2 N–H and O–H groups in total. The summed E-state index contributed by atoms with van der Waals surface area (Å²) in [4.78, 5) is 51.1. The number of ether oxygens (including phenoxy) is 4. The van der Waals surface area contributed by atoms with E-state index in [2.05, 4.69) is 10.6 Å². The maximum atomic E-state index is 13.2. The molecule has 0 aliphatic heterocycles. The quantitative estimate of drug-likeness (QED) is 0.163. The summed E-state index contributed by atoms with van der Waals surface area (Å²) in [5, 5.41) is 5.38. The Morgan fingerprint density at radius 1 is 0.614 bits per heavy atom. The molecule has 0 aliphatic rings. The topological polar surface area (TPSA) is 129 Å². The summed E-state index contributed by atoms with van der Waals surface area (Å²) in [6.07, 6.45) is -1.45. The van der Waals surface area contributed by atoms with Crippen LogP contribution in [0.4, 0.5) is 9.59 Å². The van der Waals surface area contributed by atoms with Gasteiger partial charge in [-0.15, -0.1) is 0 Å². The van der Waals surface area contributed by atoms with E-state index in [4.69, 9.17) is 18.9 Å². The molecule has 0 spiro atoms. The molecule has 2 rings (SSSR count). The molecule has 10 nitrogen and oxygen atoms in total. The van der Waals surface area contributed by atoms with Gasteiger partial charge in [0, 0.05) is 0 Å². The Labute approximate surface area is 271 Å². The van der Waals surface area contributed by atoms with Gasteiger partial charge in [-0.3, -0.25) is 0 Å². The van der Waals surface area contributed by atoms with Gasteiger partial charge in [-0.2, -0.15) is 0 Å². The molecule has 0 saturated carbocycles. The SMILES string of the molecule is C[C@H]([Se][Se][C@@H](C)[C@H](NC(=O)OC(C)(C)C)C(=O)OCc1ccccc1)[C@H](NC(=O)OC(C)(C)C)C(=O)OCc1ccccc1. The first-order valence-corrected chi connectivity index (χ1v) is 20.6. The van der Waals surface area contributed by atoms with Crippen molar-refractivity contribution >= 4 is 50.4 Å². The van der Waals surface area contributed by atoms with Gasteiger partial charge >= 0.3 is 272 Å². The van der Waals surface area contributed by atoms with Crippen LogP contribution in [0.2, 0.25) is 9.63 Å². The maximum absolute atomic E-state index is 13.2. The molecular weight excluding hydrogens is 698 g/mol. The van der Waals surface area contributed by atoms with Crippen LogP contribution in [-0.2, 0) is 41.8 Å². The van der Waals surface area contributed by atoms with Crippen molar-refractivity contribution in [2.24, 2.45) is 0 Å². The third-order valence-electron chi connectivity index (χ3n) is 5.60. The molecule has 12 heteroatoms. The van der Waals surface area contributed by atoms with E-state index in [1.807, 2.05) is 74.5 Å². The molecule has 0 aromatic heterocycles. The summed E-state index contributed by atoms with van der Waals surface area (Å²) >= 11 is -0.461. The van der Waals surface area contributed by atoms with Crippen LogP contribution in [0.3, 0.4) is 0 Å². The first-order chi connectivity index (χ1) is 20.5. The number of nitrogens with one attached hydrogen (secondary N) is 2. The fraction of sp³-hybridized carbons (Fsp3) is 0.500. The van der Waals surface area contributed by atoms with Crippen LogP contribution in [0, 0.1) is 0 Å². The number of carbonyl (C=O) groups excluding carboxylic acids is 4. The van der Waals surface area contributed by atoms with Gasteiger partial charge in [-0.05, 0) is 0 Å². The van der Waals surface area contributed by atoms with Crippen molar-refractivity contribution in [3.8, 4) is 0 Å². The molecule has 4 atom stereocenters. The van der Waals surface area contributed by atoms with E-state index >= 15 is 0 Å². The van der Waals surface area contributed by atoms with E-state index in [1.54, 1.807) is 41.5 Å². The summed E-state index contributed by atoms with van der Waals surface area (Å²) in [7, 11) is 0. The Hall–Kier alpha value is -3.04. The molecule has 2 aromatic carbocycles. The Bertz CT molecular complexity index is 1120. The van der Waals surface area contributed by atoms with E-state index in [-0.39, 0.29) is 49.1 Å². The number of esters is 2. The van der Waals surface area contributed by atoms with Gasteiger partial charge in [-0.1, -0.05) is 0 Å². The number of hydrogen-bond acceptors (Lipinski definition) is 8. The van der Waals surface area contributed by atoms with Gasteiger partial charge in [0.2, 0.25) is 0 Å². The van der Waals surface area contributed by atoms with Crippen LogP contribution < -0.4 is 10.6 Å². The van der Waals surface area contributed by atoms with E-state index < -0.39 is 47.4 Å². The van der Waals surface area contributed by atoms with Gasteiger partial charge < -0.3 is 0 Å². The van der Waals surface area contributed by atoms with Gasteiger partial charge in [-0.25, -0.2) is 0 Å². The van der Waals surface area contributed by atoms with Gasteiger partial charge in [0.25, 0.3) is 0 Å². The minimum absolute atomic E-state index is 0.0581. The van der Waals surface area contributed by atoms with Crippen molar-refractivity contribution in [1.29, 1.82) is 0 Å². The molecule has 0 unspecified atom stereocenters. The van der Waals surface area contributed by atoms with Crippen LogP contribution in [0.15, 0.2) is 60.7 Å². The van der Waals surface area contributed by atoms with Crippen LogP contribution in [0.5, 0.6) is 0 Å². The number of alkyl carbamates (subject to hydrolysis) is 2. The van der Waals surface area contributed by atoms with Crippen molar-refractivity contribution < 1.29 is 38.1 Å². The summed E-state index contributed by atoms with van der Waals surface area (Å²) < 4.78 is 21.9. The minimum atomic E-state index is -0.968. The van der Waals surface area contributed by atoms with E-state index in [0.717, 1.165) is 11.1 Å². The van der Waals surface area contributed by atoms with Crippen molar-refractivity contribution in [2.45, 2.75) is 102 Å². The Morgan fingerprint density at radius 2 is 0.932 bits per heavy atom. The van der Waals surface area contributed by atoms with Crippen molar-refractivity contribution in [2.75, 3.05) is 0 Å². The Morgan fingerprint density at radius 3 is 1.23 bits per heavy atom. The third-order valence-corrected chi connectivity index (χ3v) is 16.1.